The van der Waals surface area contributed by atoms with Crippen molar-refractivity contribution in [2.75, 3.05) is 18.5 Å². The Morgan fingerprint density at radius 2 is 2.19 bits per heavy atom. The third-order valence-electron chi connectivity index (χ3n) is 4.47. The predicted octanol–water partition coefficient (Wildman–Crippen LogP) is 1.43. The van der Waals surface area contributed by atoms with Crippen LogP contribution in [0.5, 0.6) is 0 Å². The molecule has 1 saturated heterocycles. The molecule has 1 aliphatic rings. The molecule has 1 fully saturated rings. The molecule has 134 valence electrons. The van der Waals surface area contributed by atoms with E-state index in [0.29, 0.717) is 24.7 Å². The molecule has 0 bridgehead atoms. The molecule has 0 spiro atoms. The van der Waals surface area contributed by atoms with E-state index in [9.17, 15) is 4.79 Å². The molecular formula is C18H20N6O2. The summed E-state index contributed by atoms with van der Waals surface area (Å²) in [4.78, 5) is 25.2. The number of hydrogen-bond acceptors (Lipinski definition) is 6. The number of ether oxygens (including phenoxy) is 1. The highest BCUT2D eigenvalue weighted by Crippen LogP contribution is 2.15. The Bertz CT molecular complexity index is 910. The first-order valence-corrected chi connectivity index (χ1v) is 8.55. The Hall–Kier alpha value is -3.00. The number of rotatable bonds is 4. The van der Waals surface area contributed by atoms with Gasteiger partial charge in [-0.05, 0) is 31.0 Å². The fourth-order valence-electron chi connectivity index (χ4n) is 3.12. The number of pyridine rings is 1. The van der Waals surface area contributed by atoms with Gasteiger partial charge in [-0.25, -0.2) is 15.0 Å². The van der Waals surface area contributed by atoms with Gasteiger partial charge in [0.1, 0.15) is 23.5 Å². The van der Waals surface area contributed by atoms with E-state index in [0.717, 1.165) is 17.6 Å². The van der Waals surface area contributed by atoms with Gasteiger partial charge >= 0.3 is 0 Å². The third kappa shape index (κ3) is 3.36. The molecule has 2 atom stereocenters. The maximum Gasteiger partial charge on any atom is 0.270 e. The normalized spacial score (nSPS) is 20.0. The summed E-state index contributed by atoms with van der Waals surface area (Å²) in [6.07, 6.45) is 7.41. The van der Waals surface area contributed by atoms with E-state index in [-0.39, 0.29) is 18.0 Å². The van der Waals surface area contributed by atoms with Gasteiger partial charge in [0.25, 0.3) is 5.91 Å². The molecule has 0 aliphatic carbocycles. The number of aryl methyl sites for hydroxylation is 1. The Kier molecular flexibility index (Phi) is 4.49. The van der Waals surface area contributed by atoms with Crippen LogP contribution in [0, 0.1) is 6.92 Å². The molecule has 8 nitrogen and oxygen atoms in total. The zero-order valence-electron chi connectivity index (χ0n) is 14.4. The SMILES string of the molecule is Cc1ccc2ncc(C(=O)N[C@H]3CCOC[C@H]3Nc3ccncn3)n2c1. The second kappa shape index (κ2) is 7.09. The summed E-state index contributed by atoms with van der Waals surface area (Å²) >= 11 is 0. The lowest BCUT2D eigenvalue weighted by molar-refractivity contribution is 0.0618. The Morgan fingerprint density at radius 3 is 3.04 bits per heavy atom. The van der Waals surface area contributed by atoms with Gasteiger partial charge in [0, 0.05) is 19.0 Å². The highest BCUT2D eigenvalue weighted by Gasteiger charge is 2.28. The van der Waals surface area contributed by atoms with Gasteiger partial charge in [-0.2, -0.15) is 0 Å². The average molecular weight is 352 g/mol. The van der Waals surface area contributed by atoms with Crippen LogP contribution >= 0.6 is 0 Å². The first-order chi connectivity index (χ1) is 12.7. The smallest absolute Gasteiger partial charge is 0.270 e. The molecule has 0 radical (unpaired) electrons. The van der Waals surface area contributed by atoms with E-state index in [1.807, 2.05) is 29.7 Å². The van der Waals surface area contributed by atoms with Crippen LogP contribution in [0.2, 0.25) is 0 Å². The molecule has 26 heavy (non-hydrogen) atoms. The van der Waals surface area contributed by atoms with Gasteiger partial charge in [-0.3, -0.25) is 9.20 Å². The molecule has 2 N–H and O–H groups in total. The van der Waals surface area contributed by atoms with Crippen molar-refractivity contribution in [3.05, 3.63) is 54.4 Å². The molecule has 4 rings (SSSR count). The van der Waals surface area contributed by atoms with Crippen molar-refractivity contribution in [2.24, 2.45) is 0 Å². The molecule has 0 aromatic carbocycles. The molecular weight excluding hydrogens is 332 g/mol. The molecule has 3 aromatic heterocycles. The van der Waals surface area contributed by atoms with Crippen LogP contribution in [0.15, 0.2) is 43.1 Å². The van der Waals surface area contributed by atoms with Gasteiger partial charge in [0.15, 0.2) is 0 Å². The zero-order chi connectivity index (χ0) is 17.9. The van der Waals surface area contributed by atoms with Crippen molar-refractivity contribution in [2.45, 2.75) is 25.4 Å². The summed E-state index contributed by atoms with van der Waals surface area (Å²) in [7, 11) is 0. The predicted molar refractivity (Wildman–Crippen MR) is 96.1 cm³/mol. The fourth-order valence-corrected chi connectivity index (χ4v) is 3.12. The summed E-state index contributed by atoms with van der Waals surface area (Å²) in [5.74, 6) is 0.560. The first kappa shape index (κ1) is 16.5. The third-order valence-corrected chi connectivity index (χ3v) is 4.47. The topological polar surface area (TPSA) is 93.4 Å². The average Bonchev–Trinajstić information content (AvgIpc) is 3.07. The van der Waals surface area contributed by atoms with Crippen molar-refractivity contribution in [3.8, 4) is 0 Å². The zero-order valence-corrected chi connectivity index (χ0v) is 14.4. The van der Waals surface area contributed by atoms with E-state index >= 15 is 0 Å². The van der Waals surface area contributed by atoms with Crippen molar-refractivity contribution in [1.29, 1.82) is 0 Å². The van der Waals surface area contributed by atoms with Crippen molar-refractivity contribution in [3.63, 3.8) is 0 Å². The molecule has 8 heteroatoms. The molecule has 4 heterocycles. The van der Waals surface area contributed by atoms with Gasteiger partial charge in [-0.1, -0.05) is 6.07 Å². The summed E-state index contributed by atoms with van der Waals surface area (Å²) < 4.78 is 7.38. The lowest BCUT2D eigenvalue weighted by Gasteiger charge is -2.33. The van der Waals surface area contributed by atoms with Crippen LogP contribution in [0.25, 0.3) is 5.65 Å². The monoisotopic (exact) mass is 352 g/mol. The fraction of sp³-hybridized carbons (Fsp3) is 0.333. The number of carbonyl (C=O) groups excluding carboxylic acids is 1. The second-order valence-electron chi connectivity index (χ2n) is 6.37. The minimum atomic E-state index is -0.149. The molecule has 1 aliphatic heterocycles. The summed E-state index contributed by atoms with van der Waals surface area (Å²) in [5, 5.41) is 6.43. The lowest BCUT2D eigenvalue weighted by atomic mass is 10.0. The lowest BCUT2D eigenvalue weighted by Crippen LogP contribution is -2.52. The summed E-state index contributed by atoms with van der Waals surface area (Å²) in [6, 6.07) is 5.54. The molecule has 0 saturated carbocycles. The molecule has 0 unspecified atom stereocenters. The van der Waals surface area contributed by atoms with E-state index in [2.05, 4.69) is 25.6 Å². The molecule has 1 amide bonds. The highest BCUT2D eigenvalue weighted by molar-refractivity contribution is 5.93. The Balaban J connectivity index is 1.52. The van der Waals surface area contributed by atoms with Gasteiger partial charge in [-0.15, -0.1) is 0 Å². The number of nitrogens with one attached hydrogen (secondary N) is 2. The quantitative estimate of drug-likeness (QED) is 0.738. The van der Waals surface area contributed by atoms with E-state index in [1.54, 1.807) is 18.5 Å². The van der Waals surface area contributed by atoms with E-state index in [1.165, 1.54) is 6.33 Å². The number of aromatic nitrogens is 4. The number of amides is 1. The number of anilines is 1. The van der Waals surface area contributed by atoms with Crippen LogP contribution in [-0.2, 0) is 4.74 Å². The Labute approximate surface area is 150 Å². The van der Waals surface area contributed by atoms with E-state index in [4.69, 9.17) is 4.74 Å². The number of hydrogen-bond donors (Lipinski definition) is 2. The van der Waals surface area contributed by atoms with Crippen molar-refractivity contribution >= 4 is 17.4 Å². The minimum absolute atomic E-state index is 0.0662. The highest BCUT2D eigenvalue weighted by atomic mass is 16.5. The van der Waals surface area contributed by atoms with Crippen LogP contribution < -0.4 is 10.6 Å². The Morgan fingerprint density at radius 1 is 1.27 bits per heavy atom. The number of nitrogens with zero attached hydrogens (tertiary/aromatic N) is 4. The number of carbonyl (C=O) groups is 1. The van der Waals surface area contributed by atoms with Crippen LogP contribution in [0.4, 0.5) is 5.82 Å². The van der Waals surface area contributed by atoms with Gasteiger partial charge in [0.05, 0.1) is 24.9 Å². The first-order valence-electron chi connectivity index (χ1n) is 8.55. The van der Waals surface area contributed by atoms with E-state index < -0.39 is 0 Å². The van der Waals surface area contributed by atoms with Crippen LogP contribution in [0.1, 0.15) is 22.5 Å². The summed E-state index contributed by atoms with van der Waals surface area (Å²) in [6.45, 7) is 3.10. The van der Waals surface area contributed by atoms with Crippen molar-refractivity contribution < 1.29 is 9.53 Å². The van der Waals surface area contributed by atoms with Gasteiger partial charge < -0.3 is 15.4 Å². The maximum atomic E-state index is 12.8. The summed E-state index contributed by atoms with van der Waals surface area (Å²) in [5.41, 5.74) is 2.35. The molecule has 3 aromatic rings. The number of fused-ring (bicyclic) bond motifs is 1. The number of imidazole rings is 1. The largest absolute Gasteiger partial charge is 0.379 e. The van der Waals surface area contributed by atoms with Gasteiger partial charge in [0.2, 0.25) is 0 Å². The van der Waals surface area contributed by atoms with Crippen LogP contribution in [-0.4, -0.2) is 50.6 Å². The van der Waals surface area contributed by atoms with Crippen molar-refractivity contribution in [1.82, 2.24) is 24.7 Å². The standard InChI is InChI=1S/C18H20N6O2/c1-12-2-3-17-20-8-15(24(17)9-12)18(25)23-13-5-7-26-10-14(13)22-16-4-6-19-11-21-16/h2-4,6,8-9,11,13-14H,5,7,10H2,1H3,(H,23,25)(H,19,21,22)/t13-,14+/m0/s1. The van der Waals surface area contributed by atoms with Crippen LogP contribution in [0.3, 0.4) is 0 Å². The minimum Gasteiger partial charge on any atom is -0.379 e. The second-order valence-corrected chi connectivity index (χ2v) is 6.37. The maximum absolute atomic E-state index is 12.8.